The summed E-state index contributed by atoms with van der Waals surface area (Å²) in [4.78, 5) is 28.1. The van der Waals surface area contributed by atoms with E-state index in [1.807, 2.05) is 20.8 Å². The van der Waals surface area contributed by atoms with Gasteiger partial charge in [0.05, 0.1) is 0 Å². The fraction of sp³-hybridized carbons (Fsp3) is 0.562. The first-order valence-electron chi connectivity index (χ1n) is 7.26. The quantitative estimate of drug-likeness (QED) is 0.875. The monoisotopic (exact) mass is 291 g/mol. The molecule has 0 aliphatic rings. The summed E-state index contributed by atoms with van der Waals surface area (Å²) in [6.45, 7) is 10.5. The van der Waals surface area contributed by atoms with E-state index in [0.717, 1.165) is 6.42 Å². The number of nitrogens with zero attached hydrogens (tertiary/aromatic N) is 1. The molecule has 0 spiro atoms. The molecular weight excluding hydrogens is 266 g/mol. The van der Waals surface area contributed by atoms with Crippen LogP contribution in [0.1, 0.15) is 61.9 Å². The van der Waals surface area contributed by atoms with Crippen LogP contribution < -0.4 is 10.6 Å². The molecule has 1 heterocycles. The molecule has 1 aromatic heterocycles. The fourth-order valence-electron chi connectivity index (χ4n) is 1.68. The van der Waals surface area contributed by atoms with Crippen molar-refractivity contribution >= 4 is 11.8 Å². The number of nitrogens with one attached hydrogen (secondary N) is 2. The highest BCUT2D eigenvalue weighted by Crippen LogP contribution is 2.06. The van der Waals surface area contributed by atoms with Crippen molar-refractivity contribution in [3.05, 3.63) is 29.6 Å². The van der Waals surface area contributed by atoms with E-state index < -0.39 is 0 Å². The molecule has 0 saturated carbocycles. The summed E-state index contributed by atoms with van der Waals surface area (Å²) in [5, 5.41) is 5.67. The number of pyridine rings is 1. The molecule has 0 unspecified atom stereocenters. The molecule has 0 radical (unpaired) electrons. The molecule has 0 saturated heterocycles. The minimum Gasteiger partial charge on any atom is -0.352 e. The van der Waals surface area contributed by atoms with Crippen LogP contribution in [0.2, 0.25) is 0 Å². The van der Waals surface area contributed by atoms with Crippen molar-refractivity contribution in [3.8, 4) is 0 Å². The molecule has 0 aliphatic heterocycles. The average Bonchev–Trinajstić information content (AvgIpc) is 2.36. The molecule has 0 atom stereocenters. The summed E-state index contributed by atoms with van der Waals surface area (Å²) in [5.41, 5.74) is 0.364. The van der Waals surface area contributed by atoms with Crippen LogP contribution in [0.15, 0.2) is 18.3 Å². The number of rotatable bonds is 5. The Labute approximate surface area is 126 Å². The fourth-order valence-corrected chi connectivity index (χ4v) is 1.68. The predicted octanol–water partition coefficient (Wildman–Crippen LogP) is 2.39. The first-order valence-corrected chi connectivity index (χ1v) is 7.26. The average molecular weight is 291 g/mol. The lowest BCUT2D eigenvalue weighted by molar-refractivity contribution is 0.0914. The Morgan fingerprint density at radius 2 is 1.90 bits per heavy atom. The minimum absolute atomic E-state index is 0.178. The summed E-state index contributed by atoms with van der Waals surface area (Å²) < 4.78 is 0. The molecule has 2 N–H and O–H groups in total. The summed E-state index contributed by atoms with van der Waals surface area (Å²) in [6.07, 6.45) is 2.41. The maximum Gasteiger partial charge on any atom is 0.270 e. The van der Waals surface area contributed by atoms with Gasteiger partial charge in [-0.1, -0.05) is 13.8 Å². The summed E-state index contributed by atoms with van der Waals surface area (Å²) in [6, 6.07) is 3.13. The van der Waals surface area contributed by atoms with Gasteiger partial charge in [0, 0.05) is 23.8 Å². The summed E-state index contributed by atoms with van der Waals surface area (Å²) in [7, 11) is 0. The van der Waals surface area contributed by atoms with Crippen LogP contribution in [0.3, 0.4) is 0 Å². The van der Waals surface area contributed by atoms with Crippen LogP contribution in [-0.4, -0.2) is 28.9 Å². The molecule has 0 bridgehead atoms. The molecule has 0 aromatic carbocycles. The number of carbonyl (C=O) groups excluding carboxylic acids is 2. The van der Waals surface area contributed by atoms with E-state index in [1.54, 1.807) is 6.07 Å². The number of aromatic nitrogens is 1. The lowest BCUT2D eigenvalue weighted by atomic mass is 10.1. The second-order valence-corrected chi connectivity index (χ2v) is 6.57. The molecule has 1 rings (SSSR count). The van der Waals surface area contributed by atoms with Crippen molar-refractivity contribution in [3.63, 3.8) is 0 Å². The van der Waals surface area contributed by atoms with E-state index >= 15 is 0 Å². The lowest BCUT2D eigenvalue weighted by Crippen LogP contribution is -2.41. The van der Waals surface area contributed by atoms with Gasteiger partial charge in [-0.25, -0.2) is 0 Å². The highest BCUT2D eigenvalue weighted by molar-refractivity contribution is 5.98. The zero-order valence-corrected chi connectivity index (χ0v) is 13.5. The zero-order valence-electron chi connectivity index (χ0n) is 13.5. The third kappa shape index (κ3) is 6.38. The van der Waals surface area contributed by atoms with Crippen LogP contribution in [0.5, 0.6) is 0 Å². The van der Waals surface area contributed by atoms with Crippen LogP contribution in [0.25, 0.3) is 0 Å². The highest BCUT2D eigenvalue weighted by atomic mass is 16.2. The van der Waals surface area contributed by atoms with Gasteiger partial charge >= 0.3 is 0 Å². The van der Waals surface area contributed by atoms with Gasteiger partial charge in [0.25, 0.3) is 11.8 Å². The largest absolute Gasteiger partial charge is 0.352 e. The Hall–Kier alpha value is -1.91. The van der Waals surface area contributed by atoms with Crippen LogP contribution in [-0.2, 0) is 0 Å². The molecular formula is C16H25N3O2. The van der Waals surface area contributed by atoms with Gasteiger partial charge in [-0.05, 0) is 45.2 Å². The van der Waals surface area contributed by atoms with Crippen molar-refractivity contribution < 1.29 is 9.59 Å². The Morgan fingerprint density at radius 1 is 1.24 bits per heavy atom. The molecule has 21 heavy (non-hydrogen) atoms. The molecule has 116 valence electrons. The molecule has 5 heteroatoms. The third-order valence-electron chi connectivity index (χ3n) is 2.75. The van der Waals surface area contributed by atoms with Crippen molar-refractivity contribution in [2.24, 2.45) is 5.92 Å². The van der Waals surface area contributed by atoms with E-state index in [1.165, 1.54) is 12.3 Å². The normalized spacial score (nSPS) is 11.3. The Morgan fingerprint density at radius 3 is 2.48 bits per heavy atom. The molecule has 0 aliphatic carbocycles. The minimum atomic E-state index is -0.339. The van der Waals surface area contributed by atoms with Crippen molar-refractivity contribution in [2.45, 2.75) is 46.6 Å². The van der Waals surface area contributed by atoms with Gasteiger partial charge in [-0.3, -0.25) is 14.6 Å². The molecule has 1 aromatic rings. The molecule has 0 fully saturated rings. The van der Waals surface area contributed by atoms with E-state index in [2.05, 4.69) is 29.5 Å². The molecule has 5 nitrogen and oxygen atoms in total. The second-order valence-electron chi connectivity index (χ2n) is 6.57. The van der Waals surface area contributed by atoms with Crippen molar-refractivity contribution in [1.29, 1.82) is 0 Å². The summed E-state index contributed by atoms with van der Waals surface area (Å²) in [5.74, 6) is 0.0815. The number of carbonyl (C=O) groups is 2. The van der Waals surface area contributed by atoms with Gasteiger partial charge in [0.15, 0.2) is 0 Å². The smallest absolute Gasteiger partial charge is 0.270 e. The SMILES string of the molecule is CC(C)CCNC(=O)c1ccnc(C(=O)NC(C)(C)C)c1. The predicted molar refractivity (Wildman–Crippen MR) is 83.2 cm³/mol. The molecule has 2 amide bonds. The van der Waals surface area contributed by atoms with Crippen molar-refractivity contribution in [1.82, 2.24) is 15.6 Å². The number of hydrogen-bond acceptors (Lipinski definition) is 3. The second kappa shape index (κ2) is 7.20. The topological polar surface area (TPSA) is 71.1 Å². The van der Waals surface area contributed by atoms with Gasteiger partial charge in [0.2, 0.25) is 0 Å². The van der Waals surface area contributed by atoms with E-state index in [-0.39, 0.29) is 23.0 Å². The van der Waals surface area contributed by atoms with Crippen LogP contribution >= 0.6 is 0 Å². The maximum absolute atomic E-state index is 12.0. The van der Waals surface area contributed by atoms with E-state index in [9.17, 15) is 9.59 Å². The van der Waals surface area contributed by atoms with Crippen LogP contribution in [0, 0.1) is 5.92 Å². The third-order valence-corrected chi connectivity index (χ3v) is 2.75. The standard InChI is InChI=1S/C16H25N3O2/c1-11(2)6-8-18-14(20)12-7-9-17-13(10-12)15(21)19-16(3,4)5/h7,9-11H,6,8H2,1-5H3,(H,18,20)(H,19,21). The van der Waals surface area contributed by atoms with E-state index in [4.69, 9.17) is 0 Å². The van der Waals surface area contributed by atoms with Gasteiger partial charge in [-0.2, -0.15) is 0 Å². The maximum atomic E-state index is 12.0. The first kappa shape index (κ1) is 17.1. The van der Waals surface area contributed by atoms with Crippen molar-refractivity contribution in [2.75, 3.05) is 6.54 Å². The highest BCUT2D eigenvalue weighted by Gasteiger charge is 2.17. The summed E-state index contributed by atoms with van der Waals surface area (Å²) >= 11 is 0. The van der Waals surface area contributed by atoms with Gasteiger partial charge < -0.3 is 10.6 Å². The lowest BCUT2D eigenvalue weighted by Gasteiger charge is -2.20. The Balaban J connectivity index is 2.71. The first-order chi connectivity index (χ1) is 9.69. The van der Waals surface area contributed by atoms with Gasteiger partial charge in [0.1, 0.15) is 5.69 Å². The number of amides is 2. The van der Waals surface area contributed by atoms with Crippen LogP contribution in [0.4, 0.5) is 0 Å². The van der Waals surface area contributed by atoms with E-state index in [0.29, 0.717) is 18.0 Å². The van der Waals surface area contributed by atoms with Gasteiger partial charge in [-0.15, -0.1) is 0 Å². The zero-order chi connectivity index (χ0) is 16.0. The Bertz CT molecular complexity index is 504. The number of hydrogen-bond donors (Lipinski definition) is 2. The Kier molecular flexibility index (Phi) is 5.88.